The Hall–Kier alpha value is -3.15. The Morgan fingerprint density at radius 1 is 1.14 bits per heavy atom. The summed E-state index contributed by atoms with van der Waals surface area (Å²) >= 11 is 0. The molecule has 0 fully saturated rings. The maximum Gasteiger partial charge on any atom is 0.325 e. The van der Waals surface area contributed by atoms with Gasteiger partial charge in [-0.1, -0.05) is 19.9 Å². The fraction of sp³-hybridized carbons (Fsp3) is 0.273. The number of carbonyl (C=O) groups is 1. The van der Waals surface area contributed by atoms with Crippen LogP contribution in [0, 0.1) is 12.7 Å². The molecule has 2 aromatic carbocycles. The van der Waals surface area contributed by atoms with E-state index in [4.69, 9.17) is 0 Å². The summed E-state index contributed by atoms with van der Waals surface area (Å²) in [6, 6.07) is 8.96. The number of nitrogens with zero attached hydrogens (tertiary/aromatic N) is 1. The van der Waals surface area contributed by atoms with Crippen LogP contribution in [0.5, 0.6) is 5.75 Å². The molecule has 3 aromatic rings. The minimum absolute atomic E-state index is 0.0227. The van der Waals surface area contributed by atoms with Crippen LogP contribution in [0.25, 0.3) is 22.0 Å². The lowest BCUT2D eigenvalue weighted by atomic mass is 9.89. The van der Waals surface area contributed by atoms with Gasteiger partial charge in [-0.15, -0.1) is 0 Å². The lowest BCUT2D eigenvalue weighted by molar-refractivity contribution is -0.137. The molecule has 0 spiro atoms. The summed E-state index contributed by atoms with van der Waals surface area (Å²) in [5, 5.41) is 23.0. The van der Waals surface area contributed by atoms with E-state index in [1.54, 1.807) is 38.1 Å². The van der Waals surface area contributed by atoms with Gasteiger partial charge >= 0.3 is 5.97 Å². The van der Waals surface area contributed by atoms with Gasteiger partial charge in [0, 0.05) is 17.0 Å². The number of aromatic nitrogens is 1. The third-order valence-electron chi connectivity index (χ3n) is 4.75. The van der Waals surface area contributed by atoms with E-state index in [1.165, 1.54) is 12.1 Å². The number of nitrogens with one attached hydrogen (secondary N) is 1. The third-order valence-corrected chi connectivity index (χ3v) is 4.75. The summed E-state index contributed by atoms with van der Waals surface area (Å²) in [6.45, 7) is 7.25. The summed E-state index contributed by atoms with van der Waals surface area (Å²) in [5.74, 6) is -0.749. The third kappa shape index (κ3) is 3.63. The maximum atomic E-state index is 13.9. The van der Waals surface area contributed by atoms with Crippen molar-refractivity contribution in [1.29, 1.82) is 0 Å². The first-order valence-corrected chi connectivity index (χ1v) is 9.11. The van der Waals surface area contributed by atoms with Crippen molar-refractivity contribution in [3.8, 4) is 16.9 Å². The van der Waals surface area contributed by atoms with Crippen molar-refractivity contribution < 1.29 is 19.4 Å². The van der Waals surface area contributed by atoms with Crippen molar-refractivity contribution in [2.24, 2.45) is 0 Å². The summed E-state index contributed by atoms with van der Waals surface area (Å²) in [5.41, 5.74) is 3.55. The number of hydrogen-bond donors (Lipinski definition) is 3. The van der Waals surface area contributed by atoms with Gasteiger partial charge in [0.15, 0.2) is 0 Å². The Kier molecular flexibility index (Phi) is 5.23. The number of carboxylic acids is 1. The zero-order chi connectivity index (χ0) is 20.6. The van der Waals surface area contributed by atoms with E-state index >= 15 is 0 Å². The van der Waals surface area contributed by atoms with Crippen LogP contribution in [0.1, 0.15) is 37.8 Å². The van der Waals surface area contributed by atoms with Crippen LogP contribution in [-0.4, -0.2) is 27.2 Å². The van der Waals surface area contributed by atoms with Crippen molar-refractivity contribution in [3.63, 3.8) is 0 Å². The van der Waals surface area contributed by atoms with Crippen LogP contribution in [0.4, 0.5) is 10.2 Å². The number of phenols is 1. The van der Waals surface area contributed by atoms with Crippen LogP contribution in [0.15, 0.2) is 36.4 Å². The Bertz CT molecular complexity index is 1060. The number of pyridine rings is 1. The van der Waals surface area contributed by atoms with Gasteiger partial charge in [-0.3, -0.25) is 4.79 Å². The van der Waals surface area contributed by atoms with Crippen LogP contribution >= 0.6 is 0 Å². The number of carboxylic acid groups (broad SMARTS) is 1. The molecule has 0 amide bonds. The van der Waals surface area contributed by atoms with Gasteiger partial charge < -0.3 is 15.5 Å². The molecule has 1 aromatic heterocycles. The molecule has 146 valence electrons. The highest BCUT2D eigenvalue weighted by Gasteiger charge is 2.22. The number of rotatable bonds is 5. The molecule has 1 heterocycles. The van der Waals surface area contributed by atoms with Gasteiger partial charge in [-0.2, -0.15) is 0 Å². The van der Waals surface area contributed by atoms with Crippen LogP contribution < -0.4 is 5.32 Å². The molecule has 0 unspecified atom stereocenters. The van der Waals surface area contributed by atoms with Crippen molar-refractivity contribution in [3.05, 3.63) is 53.3 Å². The number of halogens is 1. The normalized spacial score (nSPS) is 12.4. The zero-order valence-corrected chi connectivity index (χ0v) is 16.2. The van der Waals surface area contributed by atoms with E-state index in [-0.39, 0.29) is 17.5 Å². The number of anilines is 1. The van der Waals surface area contributed by atoms with Gasteiger partial charge in [0.2, 0.25) is 0 Å². The van der Waals surface area contributed by atoms with Crippen molar-refractivity contribution in [2.75, 3.05) is 5.32 Å². The van der Waals surface area contributed by atoms with E-state index in [2.05, 4.69) is 10.3 Å². The van der Waals surface area contributed by atoms with Gasteiger partial charge in [-0.05, 0) is 60.7 Å². The maximum absolute atomic E-state index is 13.9. The molecule has 5 nitrogen and oxygen atoms in total. The number of aromatic hydroxyl groups is 1. The lowest BCUT2D eigenvalue weighted by Gasteiger charge is -2.22. The molecule has 0 aliphatic carbocycles. The van der Waals surface area contributed by atoms with E-state index < -0.39 is 12.0 Å². The van der Waals surface area contributed by atoms with Gasteiger partial charge in [0.05, 0.1) is 5.52 Å². The molecule has 28 heavy (non-hydrogen) atoms. The van der Waals surface area contributed by atoms with Crippen LogP contribution in [-0.2, 0) is 4.79 Å². The predicted molar refractivity (Wildman–Crippen MR) is 108 cm³/mol. The average molecular weight is 382 g/mol. The average Bonchev–Trinajstić information content (AvgIpc) is 2.62. The second kappa shape index (κ2) is 7.46. The Morgan fingerprint density at radius 2 is 1.86 bits per heavy atom. The molecule has 6 heteroatoms. The Morgan fingerprint density at radius 3 is 2.46 bits per heavy atom. The van der Waals surface area contributed by atoms with E-state index in [0.29, 0.717) is 16.9 Å². The van der Waals surface area contributed by atoms with E-state index in [1.807, 2.05) is 13.8 Å². The molecule has 0 radical (unpaired) electrons. The molecular weight excluding hydrogens is 359 g/mol. The highest BCUT2D eigenvalue weighted by molar-refractivity contribution is 5.99. The second-order valence-corrected chi connectivity index (χ2v) is 7.27. The number of phenolic OH excluding ortho intramolecular Hbond substituents is 1. The molecule has 0 saturated carbocycles. The second-order valence-electron chi connectivity index (χ2n) is 7.27. The first-order chi connectivity index (χ1) is 13.2. The first-order valence-electron chi connectivity index (χ1n) is 9.11. The minimum Gasteiger partial charge on any atom is -0.508 e. The molecule has 3 N–H and O–H groups in total. The van der Waals surface area contributed by atoms with E-state index in [9.17, 15) is 19.4 Å². The highest BCUT2D eigenvalue weighted by Crippen LogP contribution is 2.40. The number of benzene rings is 2. The quantitative estimate of drug-likeness (QED) is 0.574. The van der Waals surface area contributed by atoms with E-state index in [0.717, 1.165) is 22.1 Å². The van der Waals surface area contributed by atoms with Crippen molar-refractivity contribution in [1.82, 2.24) is 4.98 Å². The monoisotopic (exact) mass is 382 g/mol. The highest BCUT2D eigenvalue weighted by atomic mass is 19.1. The molecule has 1 atom stereocenters. The van der Waals surface area contributed by atoms with Gasteiger partial charge in [0.1, 0.15) is 23.4 Å². The molecular formula is C22H23FN2O3. The standard InChI is InChI=1S/C22H23FN2O3/c1-11(2)19-20(14-5-8-17(23)12(3)9-14)16-7-6-15(26)10-18(16)25-21(19)24-13(4)22(27)28/h5-11,13,26H,1-4H3,(H,24,25)(H,27,28)/t13-/m0/s1. The summed E-state index contributed by atoms with van der Waals surface area (Å²) in [7, 11) is 0. The topological polar surface area (TPSA) is 82.5 Å². The number of fused-ring (bicyclic) bond motifs is 1. The lowest BCUT2D eigenvalue weighted by Crippen LogP contribution is -2.27. The van der Waals surface area contributed by atoms with Crippen molar-refractivity contribution in [2.45, 2.75) is 39.7 Å². The smallest absolute Gasteiger partial charge is 0.325 e. The molecule has 3 rings (SSSR count). The van der Waals surface area contributed by atoms with Crippen LogP contribution in [0.2, 0.25) is 0 Å². The molecule has 0 bridgehead atoms. The summed E-state index contributed by atoms with van der Waals surface area (Å²) < 4.78 is 13.9. The fourth-order valence-electron chi connectivity index (χ4n) is 3.32. The largest absolute Gasteiger partial charge is 0.508 e. The predicted octanol–water partition coefficient (Wildman–Crippen LogP) is 5.06. The zero-order valence-electron chi connectivity index (χ0n) is 16.2. The Labute approximate surface area is 162 Å². The molecule has 0 aliphatic heterocycles. The first kappa shape index (κ1) is 19.6. The van der Waals surface area contributed by atoms with Crippen LogP contribution in [0.3, 0.4) is 0 Å². The molecule has 0 aliphatic rings. The number of aryl methyl sites for hydroxylation is 1. The minimum atomic E-state index is -0.994. The van der Waals surface area contributed by atoms with Crippen molar-refractivity contribution >= 4 is 22.7 Å². The van der Waals surface area contributed by atoms with Gasteiger partial charge in [-0.25, -0.2) is 9.37 Å². The Balaban J connectivity index is 2.39. The molecule has 0 saturated heterocycles. The summed E-state index contributed by atoms with van der Waals surface area (Å²) in [4.78, 5) is 16.0. The fourth-order valence-corrected chi connectivity index (χ4v) is 3.32. The number of hydrogen-bond acceptors (Lipinski definition) is 4. The van der Waals surface area contributed by atoms with Gasteiger partial charge in [0.25, 0.3) is 0 Å². The SMILES string of the molecule is Cc1cc(-c2c(C(C)C)c(N[C@@H](C)C(=O)O)nc3cc(O)ccc23)ccc1F. The number of aliphatic carboxylic acids is 1. The summed E-state index contributed by atoms with van der Waals surface area (Å²) in [6.07, 6.45) is 0.